The van der Waals surface area contributed by atoms with Gasteiger partial charge in [-0.2, -0.15) is 0 Å². The lowest BCUT2D eigenvalue weighted by molar-refractivity contribution is 0.172. The van der Waals surface area contributed by atoms with Gasteiger partial charge in [0.15, 0.2) is 11.5 Å². The monoisotopic (exact) mass is 192 g/mol. The highest BCUT2D eigenvalue weighted by molar-refractivity contribution is 5.53. The molecule has 1 heterocycles. The molecule has 1 aliphatic heterocycles. The van der Waals surface area contributed by atoms with Gasteiger partial charge in [0.25, 0.3) is 0 Å². The number of hydrogen-bond acceptors (Lipinski definition) is 2. The molecule has 0 aliphatic carbocycles. The molecule has 0 atom stereocenters. The average molecular weight is 192 g/mol. The van der Waals surface area contributed by atoms with Crippen molar-refractivity contribution in [2.24, 2.45) is 5.92 Å². The Morgan fingerprint density at radius 3 is 2.64 bits per heavy atom. The molecule has 2 heteroatoms. The summed E-state index contributed by atoms with van der Waals surface area (Å²) >= 11 is 0. The number of aryl methyl sites for hydroxylation is 1. The van der Waals surface area contributed by atoms with Crippen LogP contribution in [0.3, 0.4) is 0 Å². The number of ether oxygens (including phenoxy) is 2. The van der Waals surface area contributed by atoms with E-state index in [1.54, 1.807) is 0 Å². The van der Waals surface area contributed by atoms with Gasteiger partial charge in [0.2, 0.25) is 6.79 Å². The largest absolute Gasteiger partial charge is 0.453 e. The Morgan fingerprint density at radius 1 is 1.21 bits per heavy atom. The van der Waals surface area contributed by atoms with Crippen LogP contribution < -0.4 is 9.47 Å². The minimum absolute atomic E-state index is 0.366. The first-order chi connectivity index (χ1) is 6.68. The lowest BCUT2D eigenvalue weighted by Crippen LogP contribution is -1.97. The summed E-state index contributed by atoms with van der Waals surface area (Å²) in [6, 6.07) is 4.24. The van der Waals surface area contributed by atoms with Crippen LogP contribution in [0, 0.1) is 12.8 Å². The van der Waals surface area contributed by atoms with Crippen molar-refractivity contribution in [1.29, 1.82) is 0 Å². The van der Waals surface area contributed by atoms with E-state index in [2.05, 4.69) is 26.0 Å². The van der Waals surface area contributed by atoms with Crippen LogP contribution in [0.2, 0.25) is 0 Å². The zero-order valence-electron chi connectivity index (χ0n) is 8.96. The fraction of sp³-hybridized carbons (Fsp3) is 0.500. The molecular formula is C12H16O2. The summed E-state index contributed by atoms with van der Waals surface area (Å²) in [5, 5.41) is 0. The summed E-state index contributed by atoms with van der Waals surface area (Å²) in [4.78, 5) is 0. The molecule has 0 aromatic heterocycles. The standard InChI is InChI=1S/C12H16O2/c1-8(2)6-10-5-4-9(3)11-12(10)14-7-13-11/h4-5,8H,6-7H2,1-3H3. The van der Waals surface area contributed by atoms with Crippen LogP contribution in [-0.4, -0.2) is 6.79 Å². The summed E-state index contributed by atoms with van der Waals surface area (Å²) in [5.74, 6) is 2.54. The fourth-order valence-electron chi connectivity index (χ4n) is 1.79. The van der Waals surface area contributed by atoms with Crippen molar-refractivity contribution in [3.63, 3.8) is 0 Å². The Hall–Kier alpha value is -1.18. The number of fused-ring (bicyclic) bond motifs is 1. The first-order valence-electron chi connectivity index (χ1n) is 5.06. The third-order valence-corrected chi connectivity index (χ3v) is 2.43. The summed E-state index contributed by atoms with van der Waals surface area (Å²) in [6.45, 7) is 6.84. The molecule has 14 heavy (non-hydrogen) atoms. The molecule has 2 rings (SSSR count). The average Bonchev–Trinajstić information content (AvgIpc) is 2.58. The first kappa shape index (κ1) is 9.38. The van der Waals surface area contributed by atoms with E-state index < -0.39 is 0 Å². The van der Waals surface area contributed by atoms with Crippen molar-refractivity contribution in [2.45, 2.75) is 27.2 Å². The van der Waals surface area contributed by atoms with E-state index in [1.165, 1.54) is 5.56 Å². The highest BCUT2D eigenvalue weighted by Crippen LogP contribution is 2.39. The molecule has 0 amide bonds. The Bertz CT molecular complexity index is 342. The van der Waals surface area contributed by atoms with Gasteiger partial charge in [-0.1, -0.05) is 26.0 Å². The van der Waals surface area contributed by atoms with Gasteiger partial charge in [-0.05, 0) is 30.4 Å². The van der Waals surface area contributed by atoms with Crippen molar-refractivity contribution in [3.8, 4) is 11.5 Å². The molecule has 1 aromatic carbocycles. The van der Waals surface area contributed by atoms with Crippen molar-refractivity contribution in [2.75, 3.05) is 6.79 Å². The van der Waals surface area contributed by atoms with E-state index in [9.17, 15) is 0 Å². The zero-order chi connectivity index (χ0) is 10.1. The van der Waals surface area contributed by atoms with E-state index in [1.807, 2.05) is 6.92 Å². The maximum atomic E-state index is 5.49. The molecular weight excluding hydrogens is 176 g/mol. The smallest absolute Gasteiger partial charge is 0.231 e. The van der Waals surface area contributed by atoms with Crippen LogP contribution >= 0.6 is 0 Å². The van der Waals surface area contributed by atoms with E-state index in [4.69, 9.17) is 9.47 Å². The molecule has 2 nitrogen and oxygen atoms in total. The van der Waals surface area contributed by atoms with Crippen LogP contribution in [0.25, 0.3) is 0 Å². The molecule has 0 bridgehead atoms. The van der Waals surface area contributed by atoms with Gasteiger partial charge in [0.1, 0.15) is 0 Å². The molecule has 1 aromatic rings. The number of benzene rings is 1. The second-order valence-corrected chi connectivity index (χ2v) is 4.20. The topological polar surface area (TPSA) is 18.5 Å². The van der Waals surface area contributed by atoms with Crippen LogP contribution in [0.5, 0.6) is 11.5 Å². The van der Waals surface area contributed by atoms with Crippen LogP contribution in [0.15, 0.2) is 12.1 Å². The van der Waals surface area contributed by atoms with Crippen molar-refractivity contribution in [1.82, 2.24) is 0 Å². The van der Waals surface area contributed by atoms with Crippen LogP contribution in [-0.2, 0) is 6.42 Å². The third-order valence-electron chi connectivity index (χ3n) is 2.43. The minimum Gasteiger partial charge on any atom is -0.453 e. The Labute approximate surface area is 84.8 Å². The van der Waals surface area contributed by atoms with E-state index in [-0.39, 0.29) is 0 Å². The lowest BCUT2D eigenvalue weighted by Gasteiger charge is -2.09. The molecule has 0 saturated carbocycles. The summed E-state index contributed by atoms with van der Waals surface area (Å²) in [5.41, 5.74) is 2.42. The quantitative estimate of drug-likeness (QED) is 0.717. The molecule has 0 saturated heterocycles. The third kappa shape index (κ3) is 1.57. The van der Waals surface area contributed by atoms with Crippen LogP contribution in [0.4, 0.5) is 0 Å². The summed E-state index contributed by atoms with van der Waals surface area (Å²) in [7, 11) is 0. The minimum atomic E-state index is 0.366. The molecule has 0 radical (unpaired) electrons. The van der Waals surface area contributed by atoms with Crippen molar-refractivity contribution >= 4 is 0 Å². The van der Waals surface area contributed by atoms with Gasteiger partial charge >= 0.3 is 0 Å². The van der Waals surface area contributed by atoms with E-state index in [0.717, 1.165) is 23.5 Å². The Balaban J connectivity index is 2.38. The van der Waals surface area contributed by atoms with Crippen molar-refractivity contribution < 1.29 is 9.47 Å². The van der Waals surface area contributed by atoms with Gasteiger partial charge in [0, 0.05) is 0 Å². The second kappa shape index (κ2) is 3.52. The fourth-order valence-corrected chi connectivity index (χ4v) is 1.79. The number of rotatable bonds is 2. The highest BCUT2D eigenvalue weighted by Gasteiger charge is 2.19. The maximum Gasteiger partial charge on any atom is 0.231 e. The van der Waals surface area contributed by atoms with Gasteiger partial charge in [-0.3, -0.25) is 0 Å². The van der Waals surface area contributed by atoms with E-state index >= 15 is 0 Å². The van der Waals surface area contributed by atoms with Gasteiger partial charge < -0.3 is 9.47 Å². The molecule has 0 fully saturated rings. The highest BCUT2D eigenvalue weighted by atomic mass is 16.7. The lowest BCUT2D eigenvalue weighted by atomic mass is 10.0. The second-order valence-electron chi connectivity index (χ2n) is 4.20. The predicted molar refractivity (Wildman–Crippen MR) is 55.8 cm³/mol. The number of hydrogen-bond donors (Lipinski definition) is 0. The van der Waals surface area contributed by atoms with Gasteiger partial charge in [-0.15, -0.1) is 0 Å². The predicted octanol–water partition coefficient (Wildman–Crippen LogP) is 2.92. The molecule has 76 valence electrons. The molecule has 0 N–H and O–H groups in total. The first-order valence-corrected chi connectivity index (χ1v) is 5.06. The molecule has 0 spiro atoms. The van der Waals surface area contributed by atoms with Crippen LogP contribution in [0.1, 0.15) is 25.0 Å². The molecule has 1 aliphatic rings. The SMILES string of the molecule is Cc1ccc(CC(C)C)c2c1OCO2. The Kier molecular flexibility index (Phi) is 2.36. The van der Waals surface area contributed by atoms with Gasteiger partial charge in [0.05, 0.1) is 0 Å². The summed E-state index contributed by atoms with van der Waals surface area (Å²) < 4.78 is 10.9. The van der Waals surface area contributed by atoms with E-state index in [0.29, 0.717) is 12.7 Å². The summed E-state index contributed by atoms with van der Waals surface area (Å²) in [6.07, 6.45) is 1.05. The normalized spacial score (nSPS) is 13.7. The van der Waals surface area contributed by atoms with Crippen molar-refractivity contribution in [3.05, 3.63) is 23.3 Å². The molecule has 0 unspecified atom stereocenters. The maximum absolute atomic E-state index is 5.49. The zero-order valence-corrected chi connectivity index (χ0v) is 8.96. The van der Waals surface area contributed by atoms with Gasteiger partial charge in [-0.25, -0.2) is 0 Å². The Morgan fingerprint density at radius 2 is 1.93 bits per heavy atom.